The minimum Gasteiger partial charge on any atom is -0.344 e. The Morgan fingerprint density at radius 1 is 0.913 bits per heavy atom. The molecule has 8 nitrogen and oxygen atoms in total. The van der Waals surface area contributed by atoms with Crippen molar-refractivity contribution < 1.29 is 14.4 Å². The summed E-state index contributed by atoms with van der Waals surface area (Å²) in [5, 5.41) is 8.33. The fourth-order valence-electron chi connectivity index (χ4n) is 6.65. The van der Waals surface area contributed by atoms with Crippen molar-refractivity contribution in [2.24, 2.45) is 5.73 Å². The quantitative estimate of drug-likeness (QED) is 0.229. The van der Waals surface area contributed by atoms with Crippen molar-refractivity contribution in [3.8, 4) is 11.1 Å². The summed E-state index contributed by atoms with van der Waals surface area (Å²) in [4.78, 5) is 43.3. The van der Waals surface area contributed by atoms with Crippen molar-refractivity contribution in [1.82, 2.24) is 15.5 Å². The summed E-state index contributed by atoms with van der Waals surface area (Å²) < 4.78 is 0. The summed E-state index contributed by atoms with van der Waals surface area (Å²) in [7, 11) is 0. The van der Waals surface area contributed by atoms with Crippen LogP contribution in [0.4, 0.5) is 10.5 Å². The number of amides is 4. The largest absolute Gasteiger partial charge is 0.344 e. The van der Waals surface area contributed by atoms with Crippen molar-refractivity contribution in [3.05, 3.63) is 102 Å². The van der Waals surface area contributed by atoms with E-state index in [4.69, 9.17) is 5.73 Å². The smallest absolute Gasteiger partial charge is 0.317 e. The van der Waals surface area contributed by atoms with Crippen molar-refractivity contribution >= 4 is 34.3 Å². The van der Waals surface area contributed by atoms with Crippen LogP contribution in [0.15, 0.2) is 84.9 Å². The maximum Gasteiger partial charge on any atom is 0.317 e. The molecule has 2 aliphatic rings. The first kappa shape index (κ1) is 31.3. The first-order valence-corrected chi connectivity index (χ1v) is 16.3. The molecule has 238 valence electrons. The third-order valence-electron chi connectivity index (χ3n) is 8.95. The lowest BCUT2D eigenvalue weighted by molar-refractivity contribution is -0.128. The van der Waals surface area contributed by atoms with E-state index < -0.39 is 11.6 Å². The van der Waals surface area contributed by atoms with E-state index in [1.54, 1.807) is 0 Å². The standard InChI is InChI=1S/C38H43N5O3/c1-38(2,39)23-35(44)41-33-19-18-32-31-12-6-3-9-27(31)17-20-34(32)43(36(33)45)25-26-13-15-28(16-14-26)30-11-5-4-10-29(30)24-40-37(46)42-21-7-8-22-42/h3-6,9-17,20,33H,7-8,18-19,21-25,39H2,1-2H3,(H,40,46)(H,41,44)/t33-/m1/s1. The highest BCUT2D eigenvalue weighted by atomic mass is 16.2. The summed E-state index contributed by atoms with van der Waals surface area (Å²) >= 11 is 0. The molecule has 0 spiro atoms. The molecule has 0 aromatic heterocycles. The van der Waals surface area contributed by atoms with Gasteiger partial charge in [0.1, 0.15) is 6.04 Å². The summed E-state index contributed by atoms with van der Waals surface area (Å²) in [6.45, 7) is 6.06. The molecule has 6 rings (SSSR count). The molecule has 4 N–H and O–H groups in total. The highest BCUT2D eigenvalue weighted by Gasteiger charge is 2.33. The van der Waals surface area contributed by atoms with Gasteiger partial charge in [-0.25, -0.2) is 4.79 Å². The van der Waals surface area contributed by atoms with Gasteiger partial charge in [-0.3, -0.25) is 9.59 Å². The lowest BCUT2D eigenvalue weighted by Gasteiger charge is -2.27. The van der Waals surface area contributed by atoms with E-state index >= 15 is 0 Å². The third kappa shape index (κ3) is 7.07. The number of nitrogens with two attached hydrogens (primary N) is 1. The molecule has 0 aliphatic carbocycles. The highest BCUT2D eigenvalue weighted by molar-refractivity contribution is 6.03. The van der Waals surface area contributed by atoms with Crippen molar-refractivity contribution in [3.63, 3.8) is 0 Å². The molecule has 0 unspecified atom stereocenters. The minimum atomic E-state index is -0.670. The summed E-state index contributed by atoms with van der Waals surface area (Å²) in [6, 6.07) is 28.0. The second-order valence-corrected chi connectivity index (χ2v) is 13.2. The molecule has 0 bridgehead atoms. The van der Waals surface area contributed by atoms with Crippen molar-refractivity contribution in [2.75, 3.05) is 18.0 Å². The fourth-order valence-corrected chi connectivity index (χ4v) is 6.65. The third-order valence-corrected chi connectivity index (χ3v) is 8.95. The maximum absolute atomic E-state index is 14.1. The van der Waals surface area contributed by atoms with Gasteiger partial charge in [0.25, 0.3) is 0 Å². The monoisotopic (exact) mass is 617 g/mol. The lowest BCUT2D eigenvalue weighted by atomic mass is 9.97. The predicted molar refractivity (Wildman–Crippen MR) is 183 cm³/mol. The van der Waals surface area contributed by atoms with Crippen LogP contribution in [0.2, 0.25) is 0 Å². The van der Waals surface area contributed by atoms with Gasteiger partial charge in [0.2, 0.25) is 11.8 Å². The van der Waals surface area contributed by atoms with Crippen LogP contribution < -0.4 is 21.3 Å². The van der Waals surface area contributed by atoms with E-state index in [0.29, 0.717) is 25.9 Å². The number of hydrogen-bond acceptors (Lipinski definition) is 4. The van der Waals surface area contributed by atoms with Gasteiger partial charge >= 0.3 is 6.03 Å². The van der Waals surface area contributed by atoms with Gasteiger partial charge in [0.15, 0.2) is 0 Å². The molecular formula is C38H43N5O3. The van der Waals surface area contributed by atoms with E-state index in [2.05, 4.69) is 59.2 Å². The number of rotatable bonds is 8. The van der Waals surface area contributed by atoms with Crippen molar-refractivity contribution in [1.29, 1.82) is 0 Å². The molecule has 1 fully saturated rings. The van der Waals surface area contributed by atoms with Gasteiger partial charge in [-0.15, -0.1) is 0 Å². The predicted octanol–water partition coefficient (Wildman–Crippen LogP) is 5.90. The van der Waals surface area contributed by atoms with E-state index in [1.807, 2.05) is 60.0 Å². The second-order valence-electron chi connectivity index (χ2n) is 13.2. The number of anilines is 1. The van der Waals surface area contributed by atoms with Crippen LogP contribution in [0.25, 0.3) is 21.9 Å². The Kier molecular flexibility index (Phi) is 9.08. The Balaban J connectivity index is 1.25. The fraction of sp³-hybridized carbons (Fsp3) is 0.342. The number of carbonyl (C=O) groups is 3. The number of nitrogens with zero attached hydrogens (tertiary/aromatic N) is 2. The van der Waals surface area contributed by atoms with Gasteiger partial charge in [0.05, 0.1) is 6.54 Å². The van der Waals surface area contributed by atoms with Gasteiger partial charge in [-0.2, -0.15) is 0 Å². The molecule has 1 atom stereocenters. The van der Waals surface area contributed by atoms with Gasteiger partial charge in [-0.1, -0.05) is 78.9 Å². The molecule has 46 heavy (non-hydrogen) atoms. The van der Waals surface area contributed by atoms with Crippen LogP contribution in [0, 0.1) is 0 Å². The average molecular weight is 618 g/mol. The first-order chi connectivity index (χ1) is 22.2. The number of likely N-dealkylation sites (tertiary alicyclic amines) is 1. The number of urea groups is 1. The molecule has 1 saturated heterocycles. The number of hydrogen-bond donors (Lipinski definition) is 3. The molecule has 0 radical (unpaired) electrons. The Morgan fingerprint density at radius 2 is 1.63 bits per heavy atom. The Hall–Kier alpha value is -4.69. The summed E-state index contributed by atoms with van der Waals surface area (Å²) in [6.07, 6.45) is 3.43. The van der Waals surface area contributed by atoms with Crippen LogP contribution >= 0.6 is 0 Å². The van der Waals surface area contributed by atoms with Gasteiger partial charge < -0.3 is 26.2 Å². The van der Waals surface area contributed by atoms with E-state index in [1.165, 1.54) is 0 Å². The van der Waals surface area contributed by atoms with E-state index in [0.717, 1.165) is 70.2 Å². The molecule has 4 aromatic carbocycles. The molecule has 8 heteroatoms. The summed E-state index contributed by atoms with van der Waals surface area (Å²) in [5.74, 6) is -0.346. The first-order valence-electron chi connectivity index (χ1n) is 16.3. The van der Waals surface area contributed by atoms with Crippen LogP contribution in [0.3, 0.4) is 0 Å². The molecule has 4 amide bonds. The maximum atomic E-state index is 14.1. The molecule has 2 aliphatic heterocycles. The second kappa shape index (κ2) is 13.3. The average Bonchev–Trinajstić information content (AvgIpc) is 3.55. The summed E-state index contributed by atoms with van der Waals surface area (Å²) in [5.41, 5.74) is 11.6. The van der Waals surface area contributed by atoms with Gasteiger partial charge in [0, 0.05) is 37.3 Å². The zero-order chi connectivity index (χ0) is 32.3. The molecule has 2 heterocycles. The number of aryl methyl sites for hydroxylation is 1. The number of benzene rings is 4. The van der Waals surface area contributed by atoms with Crippen LogP contribution in [0.1, 0.15) is 56.2 Å². The van der Waals surface area contributed by atoms with Crippen molar-refractivity contribution in [2.45, 2.75) is 70.6 Å². The number of fused-ring (bicyclic) bond motifs is 3. The highest BCUT2D eigenvalue weighted by Crippen LogP contribution is 2.35. The van der Waals surface area contributed by atoms with Gasteiger partial charge in [-0.05, 0) is 84.2 Å². The SMILES string of the molecule is CC(C)(N)CC(=O)N[C@@H]1CCc2c(ccc3ccccc23)N(Cc2ccc(-c3ccccc3CNC(=O)N3CCCC3)cc2)C1=O. The zero-order valence-corrected chi connectivity index (χ0v) is 26.7. The number of carbonyl (C=O) groups excluding carboxylic acids is 3. The normalized spacial score (nSPS) is 16.7. The molecular weight excluding hydrogens is 574 g/mol. The van der Waals surface area contributed by atoms with Crippen LogP contribution in [-0.2, 0) is 29.1 Å². The number of nitrogens with one attached hydrogen (secondary N) is 2. The Bertz CT molecular complexity index is 1740. The zero-order valence-electron chi connectivity index (χ0n) is 26.7. The Morgan fingerprint density at radius 3 is 2.39 bits per heavy atom. The van der Waals surface area contributed by atoms with E-state index in [9.17, 15) is 14.4 Å². The van der Waals surface area contributed by atoms with E-state index in [-0.39, 0.29) is 24.3 Å². The van der Waals surface area contributed by atoms with Crippen LogP contribution in [0.5, 0.6) is 0 Å². The molecule has 0 saturated carbocycles. The lowest BCUT2D eigenvalue weighted by Crippen LogP contribution is -2.49. The Labute approximate surface area is 270 Å². The minimum absolute atomic E-state index is 0.0148. The topological polar surface area (TPSA) is 108 Å². The molecule has 4 aromatic rings. The van der Waals surface area contributed by atoms with Crippen LogP contribution in [-0.4, -0.2) is 47.4 Å².